The van der Waals surface area contributed by atoms with Gasteiger partial charge in [0.1, 0.15) is 11.7 Å². The van der Waals surface area contributed by atoms with Crippen molar-refractivity contribution in [2.24, 2.45) is 35.5 Å². The summed E-state index contributed by atoms with van der Waals surface area (Å²) in [5.74, 6) is -2.76. The standard InChI is InChI=1S/C31H51NO12S2/c1-4-24-23-9-6-11-31(15-23,16-26(24)43-28(34)19-46(39,40)41)32-29(35)44-30(2,3)12-10-22-14-20-7-5-8-21(13-20)25(22)17-42-27(33)18-45(36,37)38/h20-26H,4-19H2,1-3H3,(H,32,35)(H,36,37,38)(H,39,40,41). The molecule has 1 amide bonds. The van der Waals surface area contributed by atoms with E-state index in [4.69, 9.17) is 23.3 Å². The molecule has 4 aliphatic carbocycles. The van der Waals surface area contributed by atoms with Crippen molar-refractivity contribution in [2.75, 3.05) is 18.1 Å². The fourth-order valence-corrected chi connectivity index (χ4v) is 9.77. The second-order valence-corrected chi connectivity index (χ2v) is 17.7. The molecule has 0 radical (unpaired) electrons. The van der Waals surface area contributed by atoms with Crippen LogP contribution in [-0.2, 0) is 44.0 Å². The van der Waals surface area contributed by atoms with E-state index in [1.807, 2.05) is 20.8 Å². The van der Waals surface area contributed by atoms with Crippen molar-refractivity contribution in [1.82, 2.24) is 5.32 Å². The Balaban J connectivity index is 1.36. The summed E-state index contributed by atoms with van der Waals surface area (Å²) in [6.45, 7) is 5.80. The van der Waals surface area contributed by atoms with E-state index in [-0.39, 0.29) is 30.3 Å². The lowest BCUT2D eigenvalue weighted by molar-refractivity contribution is -0.156. The van der Waals surface area contributed by atoms with E-state index in [0.717, 1.165) is 57.8 Å². The third-order valence-corrected chi connectivity index (χ3v) is 12.1. The summed E-state index contributed by atoms with van der Waals surface area (Å²) in [6, 6.07) is 0. The Morgan fingerprint density at radius 3 is 2.24 bits per heavy atom. The van der Waals surface area contributed by atoms with E-state index >= 15 is 0 Å². The van der Waals surface area contributed by atoms with E-state index in [1.165, 1.54) is 0 Å². The lowest BCUT2D eigenvalue weighted by Crippen LogP contribution is -2.60. The molecule has 4 fully saturated rings. The molecule has 46 heavy (non-hydrogen) atoms. The van der Waals surface area contributed by atoms with Crippen molar-refractivity contribution in [3.63, 3.8) is 0 Å². The van der Waals surface area contributed by atoms with E-state index in [1.54, 1.807) is 0 Å². The van der Waals surface area contributed by atoms with E-state index < -0.39 is 67.0 Å². The number of fused-ring (bicyclic) bond motifs is 4. The fourth-order valence-electron chi connectivity index (χ4n) is 9.03. The number of alkyl carbamates (subject to hydrolysis) is 1. The first-order valence-electron chi connectivity index (χ1n) is 16.6. The molecule has 8 atom stereocenters. The Hall–Kier alpha value is -1.97. The molecule has 4 aliphatic rings. The summed E-state index contributed by atoms with van der Waals surface area (Å²) in [5.41, 5.74) is -1.49. The maximum atomic E-state index is 13.4. The maximum absolute atomic E-state index is 13.4. The average molecular weight is 694 g/mol. The van der Waals surface area contributed by atoms with Crippen molar-refractivity contribution in [3.8, 4) is 0 Å². The van der Waals surface area contributed by atoms with Gasteiger partial charge >= 0.3 is 18.0 Å². The smallest absolute Gasteiger partial charge is 0.408 e. The van der Waals surface area contributed by atoms with Gasteiger partial charge in [0.05, 0.1) is 6.61 Å². The minimum absolute atomic E-state index is 0.0169. The van der Waals surface area contributed by atoms with E-state index in [9.17, 15) is 31.2 Å². The Morgan fingerprint density at radius 2 is 1.57 bits per heavy atom. The van der Waals surface area contributed by atoms with Gasteiger partial charge in [-0.15, -0.1) is 0 Å². The van der Waals surface area contributed by atoms with Gasteiger partial charge in [-0.05, 0) is 101 Å². The van der Waals surface area contributed by atoms with Gasteiger partial charge in [-0.1, -0.05) is 32.6 Å². The molecule has 0 aromatic rings. The SMILES string of the molecule is CCC1C2CCCC(NC(=O)OC(C)(C)CCC3CC4CCCC(C4)C3COC(=O)CS(=O)(=O)O)(C2)CC1OC(=O)CS(=O)(=O)O. The molecule has 0 spiro atoms. The van der Waals surface area contributed by atoms with Gasteiger partial charge < -0.3 is 19.5 Å². The first-order valence-corrected chi connectivity index (χ1v) is 19.8. The highest BCUT2D eigenvalue weighted by molar-refractivity contribution is 7.86. The van der Waals surface area contributed by atoms with Crippen LogP contribution in [0.15, 0.2) is 0 Å². The Bertz CT molecular complexity index is 1330. The second kappa shape index (κ2) is 14.7. The molecule has 4 rings (SSSR count). The number of amides is 1. The molecule has 4 saturated carbocycles. The predicted octanol–water partition coefficient (Wildman–Crippen LogP) is 4.30. The number of ether oxygens (including phenoxy) is 3. The lowest BCUT2D eigenvalue weighted by Gasteiger charge is -2.51. The van der Waals surface area contributed by atoms with Crippen molar-refractivity contribution in [1.29, 1.82) is 0 Å². The topological polar surface area (TPSA) is 200 Å². The largest absolute Gasteiger partial charge is 0.465 e. The van der Waals surface area contributed by atoms with Gasteiger partial charge in [0.25, 0.3) is 20.2 Å². The van der Waals surface area contributed by atoms with Crippen LogP contribution < -0.4 is 5.32 Å². The van der Waals surface area contributed by atoms with E-state index in [2.05, 4.69) is 5.32 Å². The van der Waals surface area contributed by atoms with Crippen molar-refractivity contribution in [2.45, 2.75) is 121 Å². The number of nitrogens with one attached hydrogen (secondary N) is 1. The van der Waals surface area contributed by atoms with Crippen LogP contribution in [0.1, 0.15) is 104 Å². The summed E-state index contributed by atoms with van der Waals surface area (Å²) in [4.78, 5) is 37.7. The molecular weight excluding hydrogens is 642 g/mol. The molecule has 13 nitrogen and oxygen atoms in total. The van der Waals surface area contributed by atoms with Crippen LogP contribution in [0.25, 0.3) is 0 Å². The van der Waals surface area contributed by atoms with Crippen LogP contribution in [-0.4, -0.2) is 79.3 Å². The minimum Gasteiger partial charge on any atom is -0.465 e. The van der Waals surface area contributed by atoms with Gasteiger partial charge in [0.2, 0.25) is 0 Å². The van der Waals surface area contributed by atoms with Gasteiger partial charge in [0, 0.05) is 12.0 Å². The number of carbonyl (C=O) groups excluding carboxylic acids is 3. The monoisotopic (exact) mass is 693 g/mol. The van der Waals surface area contributed by atoms with Crippen molar-refractivity contribution < 1.29 is 54.5 Å². The summed E-state index contributed by atoms with van der Waals surface area (Å²) in [7, 11) is -8.99. The number of hydrogen-bond donors (Lipinski definition) is 3. The van der Waals surface area contributed by atoms with Crippen molar-refractivity contribution >= 4 is 38.3 Å². The summed E-state index contributed by atoms with van der Waals surface area (Å²) < 4.78 is 79.7. The molecule has 15 heteroatoms. The van der Waals surface area contributed by atoms with Crippen LogP contribution in [0.2, 0.25) is 0 Å². The minimum atomic E-state index is -4.52. The quantitative estimate of drug-likeness (QED) is 0.141. The van der Waals surface area contributed by atoms with Crippen LogP contribution >= 0.6 is 0 Å². The number of rotatable bonds is 13. The predicted molar refractivity (Wildman–Crippen MR) is 167 cm³/mol. The zero-order valence-corrected chi connectivity index (χ0v) is 28.8. The van der Waals surface area contributed by atoms with Gasteiger partial charge in [-0.25, -0.2) is 4.79 Å². The highest BCUT2D eigenvalue weighted by atomic mass is 32.2. The molecule has 0 saturated heterocycles. The van der Waals surface area contributed by atoms with Gasteiger partial charge in [-0.2, -0.15) is 16.8 Å². The highest BCUT2D eigenvalue weighted by Gasteiger charge is 2.50. The summed E-state index contributed by atoms with van der Waals surface area (Å²) >= 11 is 0. The van der Waals surface area contributed by atoms with Crippen LogP contribution in [0, 0.1) is 35.5 Å². The molecule has 8 unspecified atom stereocenters. The number of esters is 2. The van der Waals surface area contributed by atoms with Crippen LogP contribution in [0.3, 0.4) is 0 Å². The highest BCUT2D eigenvalue weighted by Crippen LogP contribution is 2.49. The first-order chi connectivity index (χ1) is 21.4. The first kappa shape index (κ1) is 36.9. The fraction of sp³-hybridized carbons (Fsp3) is 0.903. The molecule has 0 heterocycles. The third kappa shape index (κ3) is 10.5. The third-order valence-electron chi connectivity index (χ3n) is 10.9. The Labute approximate surface area is 272 Å². The number of carbonyl (C=O) groups is 3. The molecule has 264 valence electrons. The molecule has 0 aliphatic heterocycles. The number of hydrogen-bond acceptors (Lipinski definition) is 10. The molecule has 4 bridgehead atoms. The molecular formula is C31H51NO12S2. The Kier molecular flexibility index (Phi) is 11.7. The van der Waals surface area contributed by atoms with Gasteiger partial charge in [0.15, 0.2) is 11.5 Å². The lowest BCUT2D eigenvalue weighted by atomic mass is 9.61. The summed E-state index contributed by atoms with van der Waals surface area (Å²) in [5, 5.41) is 3.10. The zero-order valence-electron chi connectivity index (χ0n) is 27.1. The summed E-state index contributed by atoms with van der Waals surface area (Å²) in [6.07, 6.45) is 9.63. The molecule has 0 aromatic heterocycles. The average Bonchev–Trinajstić information content (AvgIpc) is 2.89. The van der Waals surface area contributed by atoms with E-state index in [0.29, 0.717) is 37.5 Å². The van der Waals surface area contributed by atoms with Crippen LogP contribution in [0.5, 0.6) is 0 Å². The molecule has 0 aromatic carbocycles. The van der Waals surface area contributed by atoms with Crippen molar-refractivity contribution in [3.05, 3.63) is 0 Å². The zero-order chi connectivity index (χ0) is 33.9. The van der Waals surface area contributed by atoms with Gasteiger partial charge in [-0.3, -0.25) is 18.7 Å². The normalized spacial score (nSPS) is 33.0. The van der Waals surface area contributed by atoms with Crippen LogP contribution in [0.4, 0.5) is 4.79 Å². The molecule has 3 N–H and O–H groups in total. The second-order valence-electron chi connectivity index (χ2n) is 14.8. The maximum Gasteiger partial charge on any atom is 0.408 e. The Morgan fingerprint density at radius 1 is 0.891 bits per heavy atom.